The van der Waals surface area contributed by atoms with Gasteiger partial charge >= 0.3 is 0 Å². The van der Waals surface area contributed by atoms with E-state index in [-0.39, 0.29) is 16.7 Å². The Bertz CT molecular complexity index is 1170. The fourth-order valence-electron chi connectivity index (χ4n) is 3.62. The zero-order valence-corrected chi connectivity index (χ0v) is 18.4. The van der Waals surface area contributed by atoms with Gasteiger partial charge in [-0.3, -0.25) is 9.89 Å². The number of hydrogen-bond acceptors (Lipinski definition) is 5. The lowest BCUT2D eigenvalue weighted by Gasteiger charge is -2.30. The number of carbonyl (C=O) groups is 1. The molecule has 0 bridgehead atoms. The van der Waals surface area contributed by atoms with Crippen LogP contribution in [0.5, 0.6) is 0 Å². The van der Waals surface area contributed by atoms with Crippen molar-refractivity contribution in [2.45, 2.75) is 30.6 Å². The van der Waals surface area contributed by atoms with Gasteiger partial charge in [0.2, 0.25) is 15.9 Å². The third-order valence-corrected chi connectivity index (χ3v) is 7.42. The zero-order chi connectivity index (χ0) is 22.0. The van der Waals surface area contributed by atoms with Gasteiger partial charge in [0.05, 0.1) is 4.90 Å². The number of sulfonamides is 1. The van der Waals surface area contributed by atoms with E-state index in [4.69, 9.17) is 11.6 Å². The molecule has 2 N–H and O–H groups in total. The van der Waals surface area contributed by atoms with Gasteiger partial charge in [0.1, 0.15) is 5.82 Å². The maximum absolute atomic E-state index is 13.0. The average molecular weight is 460 g/mol. The average Bonchev–Trinajstić information content (AvgIpc) is 3.25. The molecule has 1 aromatic heterocycles. The zero-order valence-electron chi connectivity index (χ0n) is 16.9. The Morgan fingerprint density at radius 3 is 2.35 bits per heavy atom. The van der Waals surface area contributed by atoms with Crippen LogP contribution in [0.15, 0.2) is 53.4 Å². The molecule has 0 aliphatic carbocycles. The standard InChI is InChI=1S/C21H22ClN5O3S/c1-14(28)23-18-6-8-19(9-7-18)31(29,30)27-12-10-16(11-13-27)21-24-20(25-26-21)15-2-4-17(22)5-3-15/h2-9,16H,10-13H2,1H3,(H,23,28)(H,24,25,26). The minimum atomic E-state index is -3.59. The van der Waals surface area contributed by atoms with Crippen molar-refractivity contribution in [2.75, 3.05) is 18.4 Å². The SMILES string of the molecule is CC(=O)Nc1ccc(S(=O)(=O)N2CCC(c3nc(-c4ccc(Cl)cc4)n[nH]3)CC2)cc1. The van der Waals surface area contributed by atoms with Gasteiger partial charge in [0.15, 0.2) is 5.82 Å². The quantitative estimate of drug-likeness (QED) is 0.605. The first-order valence-electron chi connectivity index (χ1n) is 9.89. The largest absolute Gasteiger partial charge is 0.326 e. The van der Waals surface area contributed by atoms with Gasteiger partial charge in [0, 0.05) is 42.2 Å². The number of nitrogens with one attached hydrogen (secondary N) is 2. The van der Waals surface area contributed by atoms with E-state index in [2.05, 4.69) is 20.5 Å². The van der Waals surface area contributed by atoms with Crippen LogP contribution in [0.2, 0.25) is 5.02 Å². The molecule has 3 aromatic rings. The number of amides is 1. The van der Waals surface area contributed by atoms with Crippen LogP contribution in [-0.2, 0) is 14.8 Å². The summed E-state index contributed by atoms with van der Waals surface area (Å²) in [6, 6.07) is 13.5. The normalized spacial score (nSPS) is 15.7. The van der Waals surface area contributed by atoms with Gasteiger partial charge in [-0.2, -0.15) is 9.40 Å². The van der Waals surface area contributed by atoms with Gasteiger partial charge < -0.3 is 5.32 Å². The first kappa shape index (κ1) is 21.5. The van der Waals surface area contributed by atoms with Crippen molar-refractivity contribution < 1.29 is 13.2 Å². The molecule has 162 valence electrons. The summed E-state index contributed by atoms with van der Waals surface area (Å²) in [4.78, 5) is 15.9. The van der Waals surface area contributed by atoms with E-state index in [9.17, 15) is 13.2 Å². The number of nitrogens with zero attached hydrogens (tertiary/aromatic N) is 3. The molecule has 2 aromatic carbocycles. The molecular weight excluding hydrogens is 438 g/mol. The van der Waals surface area contributed by atoms with Crippen molar-refractivity contribution in [1.82, 2.24) is 19.5 Å². The second-order valence-electron chi connectivity index (χ2n) is 7.44. The van der Waals surface area contributed by atoms with Gasteiger partial charge in [-0.1, -0.05) is 11.6 Å². The lowest BCUT2D eigenvalue weighted by Crippen LogP contribution is -2.38. The summed E-state index contributed by atoms with van der Waals surface area (Å²) in [5.74, 6) is 1.27. The number of hydrogen-bond donors (Lipinski definition) is 2. The van der Waals surface area contributed by atoms with E-state index in [0.29, 0.717) is 42.5 Å². The van der Waals surface area contributed by atoms with Crippen LogP contribution in [0.4, 0.5) is 5.69 Å². The molecule has 1 saturated heterocycles. The molecule has 0 atom stereocenters. The van der Waals surface area contributed by atoms with Gasteiger partial charge in [-0.25, -0.2) is 13.4 Å². The maximum atomic E-state index is 13.0. The molecular formula is C21H22ClN5O3S. The summed E-state index contributed by atoms with van der Waals surface area (Å²) in [6.07, 6.45) is 1.30. The number of H-pyrrole nitrogens is 1. The predicted octanol–water partition coefficient (Wildman–Crippen LogP) is 3.65. The number of piperidine rings is 1. The van der Waals surface area contributed by atoms with Crippen molar-refractivity contribution in [3.8, 4) is 11.4 Å². The molecule has 0 unspecified atom stereocenters. The Morgan fingerprint density at radius 1 is 1.10 bits per heavy atom. The summed E-state index contributed by atoms with van der Waals surface area (Å²) >= 11 is 5.93. The summed E-state index contributed by atoms with van der Waals surface area (Å²) in [5, 5.41) is 10.6. The summed E-state index contributed by atoms with van der Waals surface area (Å²) in [6.45, 7) is 2.20. The first-order valence-corrected chi connectivity index (χ1v) is 11.7. The molecule has 1 fully saturated rings. The van der Waals surface area contributed by atoms with E-state index in [1.165, 1.54) is 23.4 Å². The second-order valence-corrected chi connectivity index (χ2v) is 9.81. The molecule has 1 aliphatic heterocycles. The Morgan fingerprint density at radius 2 is 1.74 bits per heavy atom. The van der Waals surface area contributed by atoms with Crippen molar-refractivity contribution >= 4 is 33.2 Å². The van der Waals surface area contributed by atoms with E-state index < -0.39 is 10.0 Å². The Balaban J connectivity index is 1.41. The van der Waals surface area contributed by atoms with Crippen LogP contribution in [0.3, 0.4) is 0 Å². The van der Waals surface area contributed by atoms with Crippen molar-refractivity contribution in [1.29, 1.82) is 0 Å². The van der Waals surface area contributed by atoms with Gasteiger partial charge in [-0.15, -0.1) is 0 Å². The lowest BCUT2D eigenvalue weighted by molar-refractivity contribution is -0.114. The number of rotatable bonds is 5. The van der Waals surface area contributed by atoms with Crippen molar-refractivity contribution in [3.63, 3.8) is 0 Å². The highest BCUT2D eigenvalue weighted by Crippen LogP contribution is 2.30. The number of aromatic nitrogens is 3. The summed E-state index contributed by atoms with van der Waals surface area (Å²) < 4.78 is 27.4. The Kier molecular flexibility index (Phi) is 6.08. The van der Waals surface area contributed by atoms with Crippen LogP contribution in [0, 0.1) is 0 Å². The third kappa shape index (κ3) is 4.79. The van der Waals surface area contributed by atoms with E-state index >= 15 is 0 Å². The van der Waals surface area contributed by atoms with Gasteiger partial charge in [-0.05, 0) is 61.4 Å². The van der Waals surface area contributed by atoms with Crippen molar-refractivity contribution in [2.24, 2.45) is 0 Å². The first-order chi connectivity index (χ1) is 14.8. The highest BCUT2D eigenvalue weighted by molar-refractivity contribution is 7.89. The van der Waals surface area contributed by atoms with Crippen LogP contribution < -0.4 is 5.32 Å². The fraction of sp³-hybridized carbons (Fsp3) is 0.286. The third-order valence-electron chi connectivity index (χ3n) is 5.26. The molecule has 0 saturated carbocycles. The molecule has 2 heterocycles. The molecule has 0 radical (unpaired) electrons. The summed E-state index contributed by atoms with van der Waals surface area (Å²) in [5.41, 5.74) is 1.43. The lowest BCUT2D eigenvalue weighted by atomic mass is 9.97. The number of halogens is 1. The molecule has 1 amide bonds. The monoisotopic (exact) mass is 459 g/mol. The fourth-order valence-corrected chi connectivity index (χ4v) is 5.21. The van der Waals surface area contributed by atoms with Crippen LogP contribution >= 0.6 is 11.6 Å². The minimum absolute atomic E-state index is 0.113. The van der Waals surface area contributed by atoms with Gasteiger partial charge in [0.25, 0.3) is 0 Å². The molecule has 4 rings (SSSR count). The van der Waals surface area contributed by atoms with Crippen LogP contribution in [-0.4, -0.2) is 46.9 Å². The molecule has 1 aliphatic rings. The smallest absolute Gasteiger partial charge is 0.243 e. The van der Waals surface area contributed by atoms with E-state index in [0.717, 1.165) is 11.4 Å². The van der Waals surface area contributed by atoms with E-state index in [1.54, 1.807) is 24.3 Å². The molecule has 31 heavy (non-hydrogen) atoms. The minimum Gasteiger partial charge on any atom is -0.326 e. The molecule has 0 spiro atoms. The number of aromatic amines is 1. The maximum Gasteiger partial charge on any atom is 0.243 e. The highest BCUT2D eigenvalue weighted by Gasteiger charge is 2.31. The van der Waals surface area contributed by atoms with Crippen LogP contribution in [0.1, 0.15) is 31.5 Å². The number of carbonyl (C=O) groups excluding carboxylic acids is 1. The Labute approximate surface area is 185 Å². The van der Waals surface area contributed by atoms with E-state index in [1.807, 2.05) is 12.1 Å². The van der Waals surface area contributed by atoms with Crippen molar-refractivity contribution in [3.05, 3.63) is 59.4 Å². The molecule has 10 heteroatoms. The number of anilines is 1. The Hall–Kier alpha value is -2.75. The number of benzene rings is 2. The molecule has 8 nitrogen and oxygen atoms in total. The second kappa shape index (κ2) is 8.78. The predicted molar refractivity (Wildman–Crippen MR) is 118 cm³/mol. The highest BCUT2D eigenvalue weighted by atomic mass is 35.5. The summed E-state index contributed by atoms with van der Waals surface area (Å²) in [7, 11) is -3.59. The topological polar surface area (TPSA) is 108 Å². The van der Waals surface area contributed by atoms with Crippen LogP contribution in [0.25, 0.3) is 11.4 Å².